The van der Waals surface area contributed by atoms with Gasteiger partial charge in [0, 0.05) is 18.8 Å². The van der Waals surface area contributed by atoms with E-state index in [0.717, 1.165) is 48.3 Å². The Hall–Kier alpha value is -1.16. The Morgan fingerprint density at radius 1 is 1.11 bits per heavy atom. The molecular formula is C31H48N2OS. The van der Waals surface area contributed by atoms with Gasteiger partial charge in [-0.1, -0.05) is 65.5 Å². The van der Waals surface area contributed by atoms with E-state index < -0.39 is 0 Å². The van der Waals surface area contributed by atoms with E-state index in [2.05, 4.69) is 45.7 Å². The Morgan fingerprint density at radius 3 is 2.69 bits per heavy atom. The molecule has 0 bridgehead atoms. The van der Waals surface area contributed by atoms with Crippen molar-refractivity contribution in [2.45, 2.75) is 111 Å². The van der Waals surface area contributed by atoms with Gasteiger partial charge in [-0.15, -0.1) is 0 Å². The molecule has 5 rings (SSSR count). The molecular weight excluding hydrogens is 448 g/mol. The van der Waals surface area contributed by atoms with Gasteiger partial charge in [0.05, 0.1) is 0 Å². The second kappa shape index (κ2) is 9.95. The van der Waals surface area contributed by atoms with Gasteiger partial charge in [-0.2, -0.15) is 0 Å². The molecule has 0 radical (unpaired) electrons. The van der Waals surface area contributed by atoms with Crippen molar-refractivity contribution in [3.63, 3.8) is 0 Å². The lowest BCUT2D eigenvalue weighted by atomic mass is 9.47. The molecule has 0 N–H and O–H groups in total. The molecule has 0 aliphatic heterocycles. The molecule has 0 amide bonds. The van der Waals surface area contributed by atoms with E-state index in [1.165, 1.54) is 57.8 Å². The smallest absolute Gasteiger partial charge is 0.269 e. The second-order valence-electron chi connectivity index (χ2n) is 13.5. The van der Waals surface area contributed by atoms with Crippen molar-refractivity contribution in [3.05, 3.63) is 30.4 Å². The van der Waals surface area contributed by atoms with Crippen LogP contribution in [0.3, 0.4) is 0 Å². The quantitative estimate of drug-likeness (QED) is 0.292. The number of hydrogen-bond donors (Lipinski definition) is 0. The number of rotatable bonds is 6. The first-order valence-electron chi connectivity index (χ1n) is 14.6. The highest BCUT2D eigenvalue weighted by molar-refractivity contribution is 7.80. The molecule has 4 aliphatic rings. The maximum absolute atomic E-state index is 6.25. The Kier molecular flexibility index (Phi) is 7.25. The summed E-state index contributed by atoms with van der Waals surface area (Å²) in [7, 11) is 0. The Labute approximate surface area is 219 Å². The molecule has 8 atom stereocenters. The van der Waals surface area contributed by atoms with E-state index in [4.69, 9.17) is 17.0 Å². The van der Waals surface area contributed by atoms with Crippen molar-refractivity contribution in [1.29, 1.82) is 0 Å². The van der Waals surface area contributed by atoms with Crippen LogP contribution in [0.25, 0.3) is 0 Å². The van der Waals surface area contributed by atoms with Crippen LogP contribution < -0.4 is 0 Å². The molecule has 3 fully saturated rings. The van der Waals surface area contributed by atoms with Crippen LogP contribution in [0.2, 0.25) is 0 Å². The summed E-state index contributed by atoms with van der Waals surface area (Å²) in [6, 6.07) is 0. The Morgan fingerprint density at radius 2 is 1.94 bits per heavy atom. The van der Waals surface area contributed by atoms with Crippen LogP contribution in [-0.4, -0.2) is 20.8 Å². The standard InChI is InChI=1S/C31H48N2OS/c1-21(2)7-6-8-22(3)26-11-12-27-25-10-9-23-19-24(34-29(35)33-18-17-32-20-33)13-15-30(23,4)28(25)14-16-31(26,27)5/h9,17-18,20-22,24-28H,6-8,10-16,19H2,1-5H3/t22-,24+,25+,26-,27+,28+,30+,31-/m1/s1. The summed E-state index contributed by atoms with van der Waals surface area (Å²) in [5.74, 6) is 5.34. The average Bonchev–Trinajstić information content (AvgIpc) is 3.47. The van der Waals surface area contributed by atoms with Crippen LogP contribution in [-0.2, 0) is 4.74 Å². The first-order chi connectivity index (χ1) is 16.7. The summed E-state index contributed by atoms with van der Waals surface area (Å²) in [5, 5.41) is 0.540. The summed E-state index contributed by atoms with van der Waals surface area (Å²) in [4.78, 5) is 4.11. The summed E-state index contributed by atoms with van der Waals surface area (Å²) in [5.41, 5.74) is 2.60. The molecule has 4 heteroatoms. The van der Waals surface area contributed by atoms with Crippen molar-refractivity contribution in [3.8, 4) is 0 Å². The third-order valence-corrected chi connectivity index (χ3v) is 11.5. The van der Waals surface area contributed by atoms with Crippen LogP contribution in [0.1, 0.15) is 105 Å². The first kappa shape index (κ1) is 25.5. The molecule has 3 saturated carbocycles. The minimum atomic E-state index is 0.206. The molecule has 4 aliphatic carbocycles. The summed E-state index contributed by atoms with van der Waals surface area (Å²) in [6.07, 6.45) is 23.0. The van der Waals surface area contributed by atoms with E-state index in [9.17, 15) is 0 Å². The Balaban J connectivity index is 1.26. The van der Waals surface area contributed by atoms with Gasteiger partial charge in [0.2, 0.25) is 0 Å². The summed E-state index contributed by atoms with van der Waals surface area (Å²) < 4.78 is 8.07. The zero-order valence-corrected chi connectivity index (χ0v) is 23.7. The van der Waals surface area contributed by atoms with Crippen molar-refractivity contribution < 1.29 is 4.74 Å². The number of imidazole rings is 1. The van der Waals surface area contributed by atoms with Crippen LogP contribution in [0, 0.1) is 46.3 Å². The molecule has 3 nitrogen and oxygen atoms in total. The predicted octanol–water partition coefficient (Wildman–Crippen LogP) is 8.44. The largest absolute Gasteiger partial charge is 0.467 e. The summed E-state index contributed by atoms with van der Waals surface area (Å²) in [6.45, 7) is 12.6. The monoisotopic (exact) mass is 496 g/mol. The highest BCUT2D eigenvalue weighted by Crippen LogP contribution is 2.67. The number of hydrogen-bond acceptors (Lipinski definition) is 3. The van der Waals surface area contributed by atoms with Crippen LogP contribution >= 0.6 is 12.2 Å². The lowest BCUT2D eigenvalue weighted by Crippen LogP contribution is -2.51. The number of thiocarbonyl (C=S) groups is 1. The van der Waals surface area contributed by atoms with Crippen molar-refractivity contribution >= 4 is 17.4 Å². The zero-order chi connectivity index (χ0) is 24.8. The molecule has 0 spiro atoms. The van der Waals surface area contributed by atoms with Gasteiger partial charge in [0.25, 0.3) is 5.17 Å². The van der Waals surface area contributed by atoms with Crippen molar-refractivity contribution in [2.75, 3.05) is 0 Å². The van der Waals surface area contributed by atoms with Crippen LogP contribution in [0.4, 0.5) is 0 Å². The third-order valence-electron chi connectivity index (χ3n) is 11.2. The number of aromatic nitrogens is 2. The first-order valence-corrected chi connectivity index (χ1v) is 15.0. The highest BCUT2D eigenvalue weighted by atomic mass is 32.1. The number of fused-ring (bicyclic) bond motifs is 5. The van der Waals surface area contributed by atoms with Gasteiger partial charge in [-0.05, 0) is 104 Å². The van der Waals surface area contributed by atoms with Crippen molar-refractivity contribution in [1.82, 2.24) is 9.55 Å². The number of ether oxygens (including phenoxy) is 1. The van der Waals surface area contributed by atoms with Crippen LogP contribution in [0.5, 0.6) is 0 Å². The third kappa shape index (κ3) is 4.66. The van der Waals surface area contributed by atoms with E-state index in [-0.39, 0.29) is 6.10 Å². The number of allylic oxidation sites excluding steroid dienone is 1. The molecule has 35 heavy (non-hydrogen) atoms. The van der Waals surface area contributed by atoms with Crippen molar-refractivity contribution in [2.24, 2.45) is 46.3 Å². The fourth-order valence-electron chi connectivity index (χ4n) is 9.32. The second-order valence-corrected chi connectivity index (χ2v) is 13.9. The van der Waals surface area contributed by atoms with E-state index >= 15 is 0 Å². The van der Waals surface area contributed by atoms with E-state index in [1.54, 1.807) is 18.1 Å². The van der Waals surface area contributed by atoms with Gasteiger partial charge in [0.15, 0.2) is 0 Å². The minimum Gasteiger partial charge on any atom is -0.467 e. The molecule has 0 aromatic carbocycles. The van der Waals surface area contributed by atoms with Gasteiger partial charge in [-0.3, -0.25) is 4.57 Å². The minimum absolute atomic E-state index is 0.206. The van der Waals surface area contributed by atoms with E-state index in [0.29, 0.717) is 16.0 Å². The van der Waals surface area contributed by atoms with Gasteiger partial charge >= 0.3 is 0 Å². The summed E-state index contributed by atoms with van der Waals surface area (Å²) >= 11 is 5.54. The lowest BCUT2D eigenvalue weighted by molar-refractivity contribution is -0.0565. The molecule has 0 saturated heterocycles. The average molecular weight is 497 g/mol. The topological polar surface area (TPSA) is 27.1 Å². The molecule has 1 aromatic rings. The van der Waals surface area contributed by atoms with Gasteiger partial charge < -0.3 is 4.74 Å². The zero-order valence-electron chi connectivity index (χ0n) is 22.8. The fourth-order valence-corrected chi connectivity index (χ4v) is 9.57. The maximum atomic E-state index is 6.25. The van der Waals surface area contributed by atoms with Gasteiger partial charge in [0.1, 0.15) is 12.4 Å². The fraction of sp³-hybridized carbons (Fsp3) is 0.806. The molecule has 0 unspecified atom stereocenters. The maximum Gasteiger partial charge on any atom is 0.269 e. The lowest BCUT2D eigenvalue weighted by Gasteiger charge is -2.58. The highest BCUT2D eigenvalue weighted by Gasteiger charge is 2.59. The predicted molar refractivity (Wildman–Crippen MR) is 148 cm³/mol. The molecule has 1 heterocycles. The van der Waals surface area contributed by atoms with Gasteiger partial charge in [-0.25, -0.2) is 4.98 Å². The van der Waals surface area contributed by atoms with Crippen LogP contribution in [0.15, 0.2) is 30.4 Å². The Bertz CT molecular complexity index is 922. The normalized spacial score (nSPS) is 39.4. The SMILES string of the molecule is CC(C)CCC[C@@H](C)[C@H]1CC[C@H]2[C@@H]3CC=C4C[C@@H](OC(=S)n5ccnc5)CC[C@]4(C)[C@H]3CC[C@]12C. The molecule has 1 aromatic heterocycles. The van der Waals surface area contributed by atoms with E-state index in [1.807, 2.05) is 10.8 Å². The molecule has 194 valence electrons. The number of nitrogens with zero attached hydrogens (tertiary/aromatic N) is 2.